The maximum Gasteiger partial charge on any atom is 0.283 e. The van der Waals surface area contributed by atoms with Crippen molar-refractivity contribution in [2.45, 2.75) is 38.0 Å². The molecule has 2 aromatic rings. The molecule has 2 amide bonds. The van der Waals surface area contributed by atoms with Crippen LogP contribution in [0.15, 0.2) is 48.5 Å². The largest absolute Gasteiger partial charge is 0.352 e. The molecule has 1 aliphatic rings. The highest BCUT2D eigenvalue weighted by Gasteiger charge is 2.24. The second kappa shape index (κ2) is 8.78. The van der Waals surface area contributed by atoms with E-state index in [4.69, 9.17) is 0 Å². The van der Waals surface area contributed by atoms with Crippen molar-refractivity contribution in [3.8, 4) is 0 Å². The number of fused-ring (bicyclic) bond motifs is 1. The molecular weight excluding hydrogens is 381 g/mol. The number of hydrogen-bond donors (Lipinski definition) is 1. The number of rotatable bonds is 6. The summed E-state index contributed by atoms with van der Waals surface area (Å²) in [5.41, 5.74) is 0.101. The van der Waals surface area contributed by atoms with Crippen LogP contribution >= 0.6 is 9.24 Å². The van der Waals surface area contributed by atoms with Gasteiger partial charge in [0.25, 0.3) is 5.66 Å². The summed E-state index contributed by atoms with van der Waals surface area (Å²) in [6, 6.07) is 13.9. The second-order valence-corrected chi connectivity index (χ2v) is 7.66. The van der Waals surface area contributed by atoms with E-state index in [1.807, 2.05) is 18.2 Å². The molecule has 1 unspecified atom stereocenters. The van der Waals surface area contributed by atoms with Crippen LogP contribution in [-0.2, 0) is 34.8 Å². The molecule has 1 aliphatic heterocycles. The molecule has 3 rings (SSSR count). The molecule has 0 radical (unpaired) electrons. The van der Waals surface area contributed by atoms with Crippen LogP contribution in [0.3, 0.4) is 0 Å². The topological polar surface area (TPSA) is 49.4 Å². The van der Waals surface area contributed by atoms with Gasteiger partial charge in [-0.1, -0.05) is 57.8 Å². The molecular formula is C21H23F2N2O2P. The summed E-state index contributed by atoms with van der Waals surface area (Å²) in [5, 5.41) is 2.73. The molecule has 0 saturated carbocycles. The third-order valence-corrected chi connectivity index (χ3v) is 5.21. The molecule has 7 heteroatoms. The first-order valence-corrected chi connectivity index (χ1v) is 9.78. The lowest BCUT2D eigenvalue weighted by Gasteiger charge is -2.28. The molecule has 1 atom stereocenters. The second-order valence-electron chi connectivity index (χ2n) is 6.93. The average Bonchev–Trinajstić information content (AvgIpc) is 2.69. The van der Waals surface area contributed by atoms with Crippen LogP contribution in [0.25, 0.3) is 0 Å². The van der Waals surface area contributed by atoms with Crippen LogP contribution in [0.2, 0.25) is 0 Å². The van der Waals surface area contributed by atoms with Gasteiger partial charge in [-0.3, -0.25) is 9.59 Å². The number of nitrogens with zero attached hydrogens (tertiary/aromatic N) is 1. The van der Waals surface area contributed by atoms with Crippen LogP contribution < -0.4 is 5.32 Å². The Kier molecular flexibility index (Phi) is 6.40. The minimum absolute atomic E-state index is 0.0308. The van der Waals surface area contributed by atoms with E-state index in [0.29, 0.717) is 13.1 Å². The number of hydrogen-bond acceptors (Lipinski definition) is 2. The Morgan fingerprint density at radius 1 is 1.04 bits per heavy atom. The van der Waals surface area contributed by atoms with Gasteiger partial charge in [0.2, 0.25) is 11.8 Å². The van der Waals surface area contributed by atoms with E-state index in [-0.39, 0.29) is 36.8 Å². The van der Waals surface area contributed by atoms with Crippen LogP contribution in [0.1, 0.15) is 35.1 Å². The van der Waals surface area contributed by atoms with Crippen molar-refractivity contribution in [1.82, 2.24) is 10.2 Å². The molecule has 148 valence electrons. The number of nitrogens with one attached hydrogen (secondary N) is 1. The normalized spacial score (nSPS) is 13.8. The lowest BCUT2D eigenvalue weighted by molar-refractivity contribution is -0.134. The fraction of sp³-hybridized carbons (Fsp3) is 0.333. The monoisotopic (exact) mass is 404 g/mol. The summed E-state index contributed by atoms with van der Waals surface area (Å²) < 4.78 is 26.3. The van der Waals surface area contributed by atoms with Crippen molar-refractivity contribution in [2.75, 3.05) is 6.54 Å². The Morgan fingerprint density at radius 2 is 1.71 bits per heavy atom. The number of carbonyl (C=O) groups is 2. The standard InChI is InChI=1S/C21H23F2N2O2P/c22-21(23,28)18-7-5-15(6-8-18)13-24-19(26)9-10-20(27)25-12-11-16-3-1-2-4-17(16)14-25/h1-8H,9-14,28H2,(H,24,26). The van der Waals surface area contributed by atoms with Crippen molar-refractivity contribution < 1.29 is 18.4 Å². The zero-order valence-electron chi connectivity index (χ0n) is 15.5. The Morgan fingerprint density at radius 3 is 2.39 bits per heavy atom. The summed E-state index contributed by atoms with van der Waals surface area (Å²) in [7, 11) is 1.50. The molecule has 0 saturated heterocycles. The summed E-state index contributed by atoms with van der Waals surface area (Å²) in [5.74, 6) is -0.261. The van der Waals surface area contributed by atoms with Gasteiger partial charge in [0.15, 0.2) is 0 Å². The van der Waals surface area contributed by atoms with Gasteiger partial charge in [-0.15, -0.1) is 0 Å². The van der Waals surface area contributed by atoms with Crippen LogP contribution in [0.4, 0.5) is 8.78 Å². The molecule has 1 N–H and O–H groups in total. The first-order valence-electron chi connectivity index (χ1n) is 9.20. The van der Waals surface area contributed by atoms with E-state index in [1.54, 1.807) is 17.0 Å². The first kappa shape index (κ1) is 20.4. The van der Waals surface area contributed by atoms with Crippen molar-refractivity contribution in [1.29, 1.82) is 0 Å². The summed E-state index contributed by atoms with van der Waals surface area (Å²) in [6.07, 6.45) is 1.10. The SMILES string of the molecule is O=C(CCC(=O)N1CCc2ccccc2C1)NCc1ccc(C(F)(F)P)cc1. The van der Waals surface area contributed by atoms with Gasteiger partial charge in [-0.25, -0.2) is 0 Å². The maximum absolute atomic E-state index is 13.2. The molecule has 1 heterocycles. The molecule has 0 bridgehead atoms. The zero-order chi connectivity index (χ0) is 20.1. The van der Waals surface area contributed by atoms with Crippen LogP contribution in [0.5, 0.6) is 0 Å². The molecule has 28 heavy (non-hydrogen) atoms. The average molecular weight is 404 g/mol. The number of carbonyl (C=O) groups excluding carboxylic acids is 2. The van der Waals surface area contributed by atoms with Gasteiger partial charge < -0.3 is 10.2 Å². The lowest BCUT2D eigenvalue weighted by atomic mass is 9.99. The van der Waals surface area contributed by atoms with Gasteiger partial charge >= 0.3 is 0 Å². The van der Waals surface area contributed by atoms with Crippen molar-refractivity contribution in [3.05, 3.63) is 70.8 Å². The highest BCUT2D eigenvalue weighted by Crippen LogP contribution is 2.34. The summed E-state index contributed by atoms with van der Waals surface area (Å²) in [4.78, 5) is 26.2. The molecule has 4 nitrogen and oxygen atoms in total. The van der Waals surface area contributed by atoms with Crippen LogP contribution in [0, 0.1) is 0 Å². The fourth-order valence-electron chi connectivity index (χ4n) is 3.22. The van der Waals surface area contributed by atoms with Crippen molar-refractivity contribution in [3.63, 3.8) is 0 Å². The fourth-order valence-corrected chi connectivity index (χ4v) is 3.41. The Bertz CT molecular complexity index is 850. The predicted octanol–water partition coefficient (Wildman–Crippen LogP) is 3.59. The summed E-state index contributed by atoms with van der Waals surface area (Å²) >= 11 is 0. The number of benzene rings is 2. The minimum Gasteiger partial charge on any atom is -0.352 e. The highest BCUT2D eigenvalue weighted by molar-refractivity contribution is 7.17. The third kappa shape index (κ3) is 5.35. The van der Waals surface area contributed by atoms with Crippen LogP contribution in [-0.4, -0.2) is 23.3 Å². The lowest BCUT2D eigenvalue weighted by Crippen LogP contribution is -2.36. The Hall–Kier alpha value is -2.33. The van der Waals surface area contributed by atoms with E-state index in [2.05, 4.69) is 11.4 Å². The molecule has 0 spiro atoms. The minimum atomic E-state index is -2.96. The summed E-state index contributed by atoms with van der Waals surface area (Å²) in [6.45, 7) is 1.50. The quantitative estimate of drug-likeness (QED) is 0.748. The van der Waals surface area contributed by atoms with Gasteiger partial charge in [-0.2, -0.15) is 8.78 Å². The van der Waals surface area contributed by atoms with E-state index in [1.165, 1.54) is 26.9 Å². The van der Waals surface area contributed by atoms with Gasteiger partial charge in [-0.05, 0) is 23.1 Å². The predicted molar refractivity (Wildman–Crippen MR) is 107 cm³/mol. The van der Waals surface area contributed by atoms with Crippen molar-refractivity contribution >= 4 is 21.1 Å². The van der Waals surface area contributed by atoms with Gasteiger partial charge in [0.1, 0.15) is 0 Å². The van der Waals surface area contributed by atoms with E-state index in [9.17, 15) is 18.4 Å². The maximum atomic E-state index is 13.2. The number of halogens is 2. The molecule has 0 fully saturated rings. The van der Waals surface area contributed by atoms with Gasteiger partial charge in [0, 0.05) is 38.0 Å². The number of alkyl halides is 2. The highest BCUT2D eigenvalue weighted by atomic mass is 31.0. The van der Waals surface area contributed by atoms with Gasteiger partial charge in [0.05, 0.1) is 0 Å². The Balaban J connectivity index is 1.42. The molecule has 0 aliphatic carbocycles. The van der Waals surface area contributed by atoms with Crippen molar-refractivity contribution in [2.24, 2.45) is 0 Å². The first-order chi connectivity index (χ1) is 13.3. The molecule has 0 aromatic heterocycles. The smallest absolute Gasteiger partial charge is 0.283 e. The Labute approximate surface area is 165 Å². The number of amides is 2. The molecule has 2 aromatic carbocycles. The zero-order valence-corrected chi connectivity index (χ0v) is 16.6. The van der Waals surface area contributed by atoms with E-state index in [0.717, 1.165) is 17.5 Å². The third-order valence-electron chi connectivity index (χ3n) is 4.88. The van der Waals surface area contributed by atoms with E-state index < -0.39 is 5.66 Å². The van der Waals surface area contributed by atoms with E-state index >= 15 is 0 Å².